The van der Waals surface area contributed by atoms with Gasteiger partial charge in [0.05, 0.1) is 5.02 Å². The van der Waals surface area contributed by atoms with Crippen LogP contribution in [0.2, 0.25) is 5.02 Å². The van der Waals surface area contributed by atoms with Gasteiger partial charge < -0.3 is 5.73 Å². The molecule has 0 bridgehead atoms. The molecule has 0 spiro atoms. The first-order valence-electron chi connectivity index (χ1n) is 6.01. The minimum atomic E-state index is -0.406. The predicted octanol–water partition coefficient (Wildman–Crippen LogP) is 4.92. The molecule has 0 aliphatic heterocycles. The second-order valence-corrected chi connectivity index (χ2v) is 7.44. The van der Waals surface area contributed by atoms with Crippen LogP contribution >= 0.6 is 27.5 Å². The van der Waals surface area contributed by atoms with Crippen molar-refractivity contribution in [2.24, 2.45) is 22.5 Å². The van der Waals surface area contributed by atoms with Crippen molar-refractivity contribution in [3.05, 3.63) is 33.0 Å². The summed E-state index contributed by atoms with van der Waals surface area (Å²) in [6, 6.07) is 3.16. The fourth-order valence-electron chi connectivity index (χ4n) is 3.12. The highest BCUT2D eigenvalue weighted by Gasteiger charge is 2.66. The highest BCUT2D eigenvalue weighted by atomic mass is 79.9. The van der Waals surface area contributed by atoms with Crippen molar-refractivity contribution >= 4 is 27.5 Å². The average Bonchev–Trinajstić information content (AvgIpc) is 2.65. The van der Waals surface area contributed by atoms with Crippen molar-refractivity contribution in [1.29, 1.82) is 0 Å². The standard InChI is InChI=1S/C14H18BrClFN/c1-13(2)12(14(13,3)4)11(18)7-5-6-8(15)9(16)10(7)17/h5-6,11-12H,18H2,1-4H3. The van der Waals surface area contributed by atoms with E-state index in [0.29, 0.717) is 10.0 Å². The van der Waals surface area contributed by atoms with Crippen molar-refractivity contribution < 1.29 is 4.39 Å². The molecule has 0 amide bonds. The fraction of sp³-hybridized carbons (Fsp3) is 0.571. The van der Waals surface area contributed by atoms with Crippen LogP contribution in [0.15, 0.2) is 16.6 Å². The summed E-state index contributed by atoms with van der Waals surface area (Å²) < 4.78 is 14.7. The first-order chi connectivity index (χ1) is 8.12. The number of halogens is 3. The Balaban J connectivity index is 2.38. The summed E-state index contributed by atoms with van der Waals surface area (Å²) in [5, 5.41) is 0.110. The lowest BCUT2D eigenvalue weighted by Crippen LogP contribution is -2.18. The molecule has 1 aliphatic carbocycles. The maximum atomic E-state index is 14.2. The SMILES string of the molecule is CC1(C)C(C(N)c2ccc(Br)c(Cl)c2F)C1(C)C. The van der Waals surface area contributed by atoms with Gasteiger partial charge in [-0.15, -0.1) is 0 Å². The summed E-state index contributed by atoms with van der Waals surface area (Å²) in [4.78, 5) is 0. The first kappa shape index (κ1) is 14.3. The van der Waals surface area contributed by atoms with E-state index in [1.165, 1.54) is 0 Å². The van der Waals surface area contributed by atoms with Crippen LogP contribution < -0.4 is 5.73 Å². The zero-order valence-electron chi connectivity index (χ0n) is 11.0. The van der Waals surface area contributed by atoms with Crippen LogP contribution in [-0.2, 0) is 0 Å². The Kier molecular flexibility index (Phi) is 3.33. The normalized spacial score (nSPS) is 22.9. The number of hydrogen-bond acceptors (Lipinski definition) is 1. The molecule has 1 fully saturated rings. The number of benzene rings is 1. The summed E-state index contributed by atoms with van der Waals surface area (Å²) in [6.45, 7) is 8.71. The van der Waals surface area contributed by atoms with Crippen LogP contribution in [0, 0.1) is 22.6 Å². The van der Waals surface area contributed by atoms with E-state index < -0.39 is 5.82 Å². The van der Waals surface area contributed by atoms with Gasteiger partial charge in [-0.2, -0.15) is 0 Å². The summed E-state index contributed by atoms with van der Waals surface area (Å²) in [5.74, 6) is -0.145. The third-order valence-electron chi connectivity index (χ3n) is 4.92. The van der Waals surface area contributed by atoms with E-state index in [-0.39, 0.29) is 27.8 Å². The molecule has 1 aromatic rings. The van der Waals surface area contributed by atoms with Gasteiger partial charge in [0.1, 0.15) is 5.82 Å². The highest BCUT2D eigenvalue weighted by Crippen LogP contribution is 2.71. The quantitative estimate of drug-likeness (QED) is 0.763. The van der Waals surface area contributed by atoms with Crippen molar-refractivity contribution in [3.63, 3.8) is 0 Å². The molecule has 1 aliphatic rings. The van der Waals surface area contributed by atoms with Crippen LogP contribution in [0.25, 0.3) is 0 Å². The molecule has 1 unspecified atom stereocenters. The summed E-state index contributed by atoms with van der Waals surface area (Å²) in [5.41, 5.74) is 7.01. The lowest BCUT2D eigenvalue weighted by Gasteiger charge is -2.16. The van der Waals surface area contributed by atoms with Gasteiger partial charge in [0.15, 0.2) is 0 Å². The van der Waals surface area contributed by atoms with E-state index >= 15 is 0 Å². The smallest absolute Gasteiger partial charge is 0.147 e. The molecular weight excluding hydrogens is 317 g/mol. The Morgan fingerprint density at radius 1 is 1.28 bits per heavy atom. The Morgan fingerprint density at radius 2 is 1.78 bits per heavy atom. The third-order valence-corrected chi connectivity index (χ3v) is 6.17. The zero-order chi connectivity index (χ0) is 13.9. The molecule has 2 rings (SSSR count). The van der Waals surface area contributed by atoms with Gasteiger partial charge >= 0.3 is 0 Å². The molecule has 0 aromatic heterocycles. The van der Waals surface area contributed by atoms with Gasteiger partial charge in [0, 0.05) is 16.1 Å². The van der Waals surface area contributed by atoms with Gasteiger partial charge in [-0.3, -0.25) is 0 Å². The van der Waals surface area contributed by atoms with Crippen LogP contribution in [-0.4, -0.2) is 0 Å². The Hall–Kier alpha value is -0.120. The first-order valence-corrected chi connectivity index (χ1v) is 7.18. The Labute approximate surface area is 121 Å². The maximum absolute atomic E-state index is 14.2. The molecule has 18 heavy (non-hydrogen) atoms. The van der Waals surface area contributed by atoms with Gasteiger partial charge in [-0.1, -0.05) is 45.4 Å². The number of hydrogen-bond donors (Lipinski definition) is 1. The van der Waals surface area contributed by atoms with E-state index in [9.17, 15) is 4.39 Å². The molecule has 1 atom stereocenters. The number of rotatable bonds is 2. The van der Waals surface area contributed by atoms with Crippen molar-refractivity contribution in [1.82, 2.24) is 0 Å². The van der Waals surface area contributed by atoms with Gasteiger partial charge in [-0.05, 0) is 38.7 Å². The second-order valence-electron chi connectivity index (χ2n) is 6.21. The van der Waals surface area contributed by atoms with Gasteiger partial charge in [0.2, 0.25) is 0 Å². The minimum Gasteiger partial charge on any atom is -0.324 e. The summed E-state index contributed by atoms with van der Waals surface area (Å²) in [7, 11) is 0. The largest absolute Gasteiger partial charge is 0.324 e. The van der Waals surface area contributed by atoms with E-state index in [4.69, 9.17) is 17.3 Å². The number of nitrogens with two attached hydrogens (primary N) is 1. The molecule has 1 aromatic carbocycles. The van der Waals surface area contributed by atoms with E-state index in [0.717, 1.165) is 0 Å². The van der Waals surface area contributed by atoms with Gasteiger partial charge in [0.25, 0.3) is 0 Å². The van der Waals surface area contributed by atoms with Gasteiger partial charge in [-0.25, -0.2) is 4.39 Å². The lowest BCUT2D eigenvalue weighted by atomic mass is 9.97. The van der Waals surface area contributed by atoms with Crippen LogP contribution in [0.4, 0.5) is 4.39 Å². The monoisotopic (exact) mass is 333 g/mol. The topological polar surface area (TPSA) is 26.0 Å². The predicted molar refractivity (Wildman–Crippen MR) is 77.1 cm³/mol. The van der Waals surface area contributed by atoms with Crippen molar-refractivity contribution in [3.8, 4) is 0 Å². The van der Waals surface area contributed by atoms with Crippen molar-refractivity contribution in [2.45, 2.75) is 33.7 Å². The van der Waals surface area contributed by atoms with Crippen LogP contribution in [0.1, 0.15) is 39.3 Å². The Bertz CT molecular complexity index is 485. The van der Waals surface area contributed by atoms with Crippen LogP contribution in [0.3, 0.4) is 0 Å². The summed E-state index contributed by atoms with van der Waals surface area (Å²) >= 11 is 9.13. The molecule has 0 radical (unpaired) electrons. The lowest BCUT2D eigenvalue weighted by molar-refractivity contribution is 0.457. The molecule has 1 saturated carbocycles. The average molecular weight is 335 g/mol. The molecule has 0 heterocycles. The third kappa shape index (κ3) is 1.83. The highest BCUT2D eigenvalue weighted by molar-refractivity contribution is 9.10. The van der Waals surface area contributed by atoms with Crippen molar-refractivity contribution in [2.75, 3.05) is 0 Å². The van der Waals surface area contributed by atoms with E-state index in [1.807, 2.05) is 0 Å². The summed E-state index contributed by atoms with van der Waals surface area (Å²) in [6.07, 6.45) is 0. The van der Waals surface area contributed by atoms with E-state index in [2.05, 4.69) is 43.6 Å². The maximum Gasteiger partial charge on any atom is 0.147 e. The minimum absolute atomic E-state index is 0.110. The molecular formula is C14H18BrClFN. The fourth-order valence-corrected chi connectivity index (χ4v) is 3.60. The van der Waals surface area contributed by atoms with Crippen LogP contribution in [0.5, 0.6) is 0 Å². The Morgan fingerprint density at radius 3 is 2.22 bits per heavy atom. The second kappa shape index (κ2) is 4.19. The molecule has 0 saturated heterocycles. The molecule has 4 heteroatoms. The zero-order valence-corrected chi connectivity index (χ0v) is 13.4. The molecule has 1 nitrogen and oxygen atoms in total. The molecule has 100 valence electrons. The van der Waals surface area contributed by atoms with E-state index in [1.54, 1.807) is 12.1 Å². The molecule has 2 N–H and O–H groups in total.